The quantitative estimate of drug-likeness (QED) is 0.323. The van der Waals surface area contributed by atoms with Crippen LogP contribution in [-0.4, -0.2) is 23.0 Å². The second-order valence-electron chi connectivity index (χ2n) is 4.49. The van der Waals surface area contributed by atoms with Crippen molar-refractivity contribution in [1.29, 1.82) is 0 Å². The normalized spacial score (nSPS) is 10.3. The Morgan fingerprint density at radius 3 is 2.71 bits per heavy atom. The lowest BCUT2D eigenvalue weighted by molar-refractivity contribution is -0.385. The van der Waals surface area contributed by atoms with Crippen molar-refractivity contribution in [3.05, 3.63) is 60.3 Å². The second-order valence-corrected chi connectivity index (χ2v) is 6.01. The van der Waals surface area contributed by atoms with Crippen LogP contribution in [0.5, 0.6) is 0 Å². The summed E-state index contributed by atoms with van der Waals surface area (Å²) in [4.78, 5) is 26.2. The first kappa shape index (κ1) is 18.4. The number of halogens is 3. The number of hydrogen-bond acceptors (Lipinski definition) is 6. The van der Waals surface area contributed by atoms with Gasteiger partial charge in [-0.15, -0.1) is 0 Å². The van der Waals surface area contributed by atoms with E-state index < -0.39 is 10.9 Å². The number of para-hydroxylation sites is 1. The summed E-state index contributed by atoms with van der Waals surface area (Å²) < 4.78 is 4.88. The number of nitrogens with one attached hydrogen (secondary N) is 1. The molecule has 2 aromatic rings. The van der Waals surface area contributed by atoms with Crippen molar-refractivity contribution >= 4 is 56.5 Å². The molecule has 126 valence electrons. The van der Waals surface area contributed by atoms with E-state index in [2.05, 4.69) is 31.0 Å². The number of carbonyl (C=O) groups is 1. The fourth-order valence-electron chi connectivity index (χ4n) is 1.92. The number of nitro benzene ring substituents is 1. The molecule has 0 radical (unpaired) electrons. The van der Waals surface area contributed by atoms with Crippen LogP contribution < -0.4 is 5.32 Å². The van der Waals surface area contributed by atoms with Crippen LogP contribution in [0.25, 0.3) is 0 Å². The van der Waals surface area contributed by atoms with E-state index in [4.69, 9.17) is 23.2 Å². The zero-order chi connectivity index (χ0) is 17.9. The molecule has 0 spiro atoms. The van der Waals surface area contributed by atoms with E-state index in [-0.39, 0.29) is 38.3 Å². The predicted molar refractivity (Wildman–Crippen MR) is 93.7 cm³/mol. The number of methoxy groups -OCH3 is 1. The summed E-state index contributed by atoms with van der Waals surface area (Å²) in [5, 5.41) is 14.0. The van der Waals surface area contributed by atoms with Crippen molar-refractivity contribution < 1.29 is 14.5 Å². The molecule has 0 aliphatic carbocycles. The number of hydrogen-bond donors (Lipinski definition) is 1. The number of rotatable bonds is 5. The van der Waals surface area contributed by atoms with Gasteiger partial charge in [0, 0.05) is 18.2 Å². The molecule has 0 aliphatic rings. The summed E-state index contributed by atoms with van der Waals surface area (Å²) in [6.45, 7) is 0.0937. The van der Waals surface area contributed by atoms with Crippen LogP contribution in [-0.2, 0) is 11.3 Å². The van der Waals surface area contributed by atoms with E-state index >= 15 is 0 Å². The smallest absolute Gasteiger partial charge is 0.357 e. The molecule has 0 aliphatic heterocycles. The number of carbonyl (C=O) groups excluding carboxylic acids is 1. The predicted octanol–water partition coefficient (Wildman–Crippen LogP) is 4.46. The van der Waals surface area contributed by atoms with Gasteiger partial charge in [-0.05, 0) is 15.9 Å². The maximum absolute atomic E-state index is 11.7. The Kier molecular flexibility index (Phi) is 5.98. The number of aromatic nitrogens is 1. The monoisotopic (exact) mass is 433 g/mol. The van der Waals surface area contributed by atoms with Gasteiger partial charge in [0.1, 0.15) is 5.02 Å². The van der Waals surface area contributed by atoms with E-state index in [9.17, 15) is 14.9 Å². The number of esters is 1. The highest BCUT2D eigenvalue weighted by atomic mass is 79.9. The van der Waals surface area contributed by atoms with E-state index in [1.165, 1.54) is 13.2 Å². The lowest BCUT2D eigenvalue weighted by atomic mass is 10.2. The van der Waals surface area contributed by atoms with E-state index in [1.807, 2.05) is 0 Å². The third-order valence-electron chi connectivity index (χ3n) is 3.06. The highest BCUT2D eigenvalue weighted by Gasteiger charge is 2.22. The number of nitro groups is 1. The molecule has 0 unspecified atom stereocenters. The molecule has 2 rings (SSSR count). The van der Waals surface area contributed by atoms with Gasteiger partial charge in [-0.25, -0.2) is 9.78 Å². The number of benzene rings is 1. The van der Waals surface area contributed by atoms with Crippen molar-refractivity contribution in [3.8, 4) is 0 Å². The minimum atomic E-state index is -0.700. The Hall–Kier alpha value is -1.90. The van der Waals surface area contributed by atoms with Crippen LogP contribution in [0.15, 0.2) is 28.7 Å². The number of anilines is 1. The van der Waals surface area contributed by atoms with Crippen molar-refractivity contribution in [2.75, 3.05) is 12.4 Å². The summed E-state index contributed by atoms with van der Waals surface area (Å²) in [5.41, 5.74) is 0.635. The fraction of sp³-hybridized carbons (Fsp3) is 0.143. The number of ether oxygens (including phenoxy) is 1. The summed E-state index contributed by atoms with van der Waals surface area (Å²) in [6, 6.07) is 6.26. The van der Waals surface area contributed by atoms with Crippen molar-refractivity contribution in [2.45, 2.75) is 6.54 Å². The molecule has 0 bridgehead atoms. The van der Waals surface area contributed by atoms with Crippen LogP contribution in [0.2, 0.25) is 10.2 Å². The maximum atomic E-state index is 11.7. The maximum Gasteiger partial charge on any atom is 0.357 e. The van der Waals surface area contributed by atoms with E-state index in [0.717, 1.165) is 0 Å². The topological polar surface area (TPSA) is 94.4 Å². The summed E-state index contributed by atoms with van der Waals surface area (Å²) in [7, 11) is 1.21. The van der Waals surface area contributed by atoms with Gasteiger partial charge in [-0.2, -0.15) is 0 Å². The zero-order valence-electron chi connectivity index (χ0n) is 12.2. The summed E-state index contributed by atoms with van der Waals surface area (Å²) >= 11 is 15.3. The average molecular weight is 435 g/mol. The van der Waals surface area contributed by atoms with Crippen LogP contribution in [0, 0.1) is 10.1 Å². The molecular weight excluding hydrogens is 425 g/mol. The van der Waals surface area contributed by atoms with Crippen LogP contribution >= 0.6 is 39.1 Å². The molecule has 1 aromatic carbocycles. The van der Waals surface area contributed by atoms with E-state index in [1.54, 1.807) is 18.2 Å². The SMILES string of the molecule is COC(=O)c1nc(Cl)c(Cl)c(NCc2ccccc2[N+](=O)[O-])c1Br. The van der Waals surface area contributed by atoms with Gasteiger partial charge >= 0.3 is 5.97 Å². The molecular formula is C14H10BrCl2N3O4. The molecule has 1 N–H and O–H groups in total. The van der Waals surface area contributed by atoms with Gasteiger partial charge in [0.2, 0.25) is 0 Å². The molecule has 1 aromatic heterocycles. The van der Waals surface area contributed by atoms with Gasteiger partial charge in [-0.3, -0.25) is 10.1 Å². The Morgan fingerprint density at radius 2 is 2.08 bits per heavy atom. The number of pyridine rings is 1. The fourth-order valence-corrected chi connectivity index (χ4v) is 3.01. The molecule has 0 saturated heterocycles. The molecule has 0 amide bonds. The lowest BCUT2D eigenvalue weighted by Crippen LogP contribution is -2.10. The first-order valence-corrected chi connectivity index (χ1v) is 8.00. The Bertz CT molecular complexity index is 817. The first-order valence-electron chi connectivity index (χ1n) is 6.45. The standard InChI is InChI=1S/C14H10BrCl2N3O4/c1-24-14(21)12-9(15)11(10(16)13(17)19-12)18-6-7-4-2-3-5-8(7)20(22)23/h2-5H,6H2,1H3,(H,18,19). The summed E-state index contributed by atoms with van der Waals surface area (Å²) in [6.07, 6.45) is 0. The van der Waals surface area contributed by atoms with Crippen LogP contribution in [0.3, 0.4) is 0 Å². The molecule has 1 heterocycles. The van der Waals surface area contributed by atoms with Crippen molar-refractivity contribution in [2.24, 2.45) is 0 Å². The molecule has 7 nitrogen and oxygen atoms in total. The zero-order valence-corrected chi connectivity index (χ0v) is 15.3. The van der Waals surface area contributed by atoms with Gasteiger partial charge in [-0.1, -0.05) is 41.4 Å². The van der Waals surface area contributed by atoms with Gasteiger partial charge < -0.3 is 10.1 Å². The number of nitrogens with zero attached hydrogens (tertiary/aromatic N) is 2. The highest BCUT2D eigenvalue weighted by molar-refractivity contribution is 9.10. The van der Waals surface area contributed by atoms with Crippen molar-refractivity contribution in [1.82, 2.24) is 4.98 Å². The Balaban J connectivity index is 2.39. The van der Waals surface area contributed by atoms with Crippen LogP contribution in [0.1, 0.15) is 16.1 Å². The van der Waals surface area contributed by atoms with Crippen molar-refractivity contribution in [3.63, 3.8) is 0 Å². The largest absolute Gasteiger partial charge is 0.464 e. The molecule has 10 heteroatoms. The summed E-state index contributed by atoms with van der Waals surface area (Å²) in [5.74, 6) is -0.700. The van der Waals surface area contributed by atoms with Gasteiger partial charge in [0.05, 0.1) is 22.2 Å². The first-order chi connectivity index (χ1) is 11.4. The average Bonchev–Trinajstić information content (AvgIpc) is 2.57. The Labute approximate surface area is 155 Å². The second kappa shape index (κ2) is 7.78. The third kappa shape index (κ3) is 3.77. The highest BCUT2D eigenvalue weighted by Crippen LogP contribution is 2.37. The third-order valence-corrected chi connectivity index (χ3v) is 4.57. The van der Waals surface area contributed by atoms with Crippen LogP contribution in [0.4, 0.5) is 11.4 Å². The minimum Gasteiger partial charge on any atom is -0.464 e. The lowest BCUT2D eigenvalue weighted by Gasteiger charge is -2.14. The molecule has 0 atom stereocenters. The Morgan fingerprint density at radius 1 is 1.42 bits per heavy atom. The molecule has 0 saturated carbocycles. The minimum absolute atomic E-state index is 0.0365. The van der Waals surface area contributed by atoms with Gasteiger partial charge in [0.25, 0.3) is 5.69 Å². The molecule has 24 heavy (non-hydrogen) atoms. The molecule has 0 fully saturated rings. The van der Waals surface area contributed by atoms with E-state index in [0.29, 0.717) is 5.56 Å². The van der Waals surface area contributed by atoms with Gasteiger partial charge in [0.15, 0.2) is 10.8 Å².